The van der Waals surface area contributed by atoms with Crippen LogP contribution in [-0.2, 0) is 5.41 Å². The highest BCUT2D eigenvalue weighted by atomic mass is 16.5. The van der Waals surface area contributed by atoms with Gasteiger partial charge in [0.15, 0.2) is 5.78 Å². The molecule has 0 atom stereocenters. The molecule has 0 bridgehead atoms. The van der Waals surface area contributed by atoms with Crippen LogP contribution in [0.25, 0.3) is 0 Å². The van der Waals surface area contributed by atoms with Gasteiger partial charge < -0.3 is 4.74 Å². The molecule has 0 saturated carbocycles. The van der Waals surface area contributed by atoms with Crippen molar-refractivity contribution in [3.05, 3.63) is 28.8 Å². The predicted octanol–water partition coefficient (Wildman–Crippen LogP) is 4.14. The largest absolute Gasteiger partial charge is 0.496 e. The Hall–Kier alpha value is -1.31. The second-order valence-corrected chi connectivity index (χ2v) is 6.16. The van der Waals surface area contributed by atoms with Gasteiger partial charge in [-0.2, -0.15) is 0 Å². The van der Waals surface area contributed by atoms with Gasteiger partial charge in [0.1, 0.15) is 5.75 Å². The van der Waals surface area contributed by atoms with Gasteiger partial charge in [0, 0.05) is 11.5 Å². The van der Waals surface area contributed by atoms with Crippen molar-refractivity contribution in [1.82, 2.24) is 0 Å². The SMILES string of the molecule is COc1c(C(=O)C(C)C)cc(C)cc1C(C)(C)C. The van der Waals surface area contributed by atoms with Crippen molar-refractivity contribution in [2.24, 2.45) is 5.92 Å². The lowest BCUT2D eigenvalue weighted by molar-refractivity contribution is 0.0936. The highest BCUT2D eigenvalue weighted by molar-refractivity contribution is 6.00. The van der Waals surface area contributed by atoms with Gasteiger partial charge in [0.05, 0.1) is 12.7 Å². The highest BCUT2D eigenvalue weighted by Gasteiger charge is 2.25. The van der Waals surface area contributed by atoms with Gasteiger partial charge in [-0.05, 0) is 24.0 Å². The van der Waals surface area contributed by atoms with Crippen molar-refractivity contribution >= 4 is 5.78 Å². The van der Waals surface area contributed by atoms with Crippen LogP contribution in [0.2, 0.25) is 0 Å². The normalized spacial score (nSPS) is 11.8. The molecule has 0 amide bonds. The van der Waals surface area contributed by atoms with Crippen LogP contribution in [0.15, 0.2) is 12.1 Å². The number of carbonyl (C=O) groups excluding carboxylic acids is 1. The molecule has 0 spiro atoms. The number of ketones is 1. The van der Waals surface area contributed by atoms with Crippen LogP contribution in [0.4, 0.5) is 0 Å². The van der Waals surface area contributed by atoms with E-state index in [1.165, 1.54) is 0 Å². The fourth-order valence-corrected chi connectivity index (χ4v) is 2.04. The molecular formula is C16H24O2. The Labute approximate surface area is 110 Å². The average molecular weight is 248 g/mol. The smallest absolute Gasteiger partial charge is 0.169 e. The number of hydrogen-bond acceptors (Lipinski definition) is 2. The van der Waals surface area contributed by atoms with Crippen LogP contribution in [-0.4, -0.2) is 12.9 Å². The van der Waals surface area contributed by atoms with E-state index in [0.29, 0.717) is 5.56 Å². The summed E-state index contributed by atoms with van der Waals surface area (Å²) in [6.07, 6.45) is 0. The molecular weight excluding hydrogens is 224 g/mol. The van der Waals surface area contributed by atoms with E-state index >= 15 is 0 Å². The first kappa shape index (κ1) is 14.7. The summed E-state index contributed by atoms with van der Waals surface area (Å²) in [5, 5.41) is 0. The zero-order valence-electron chi connectivity index (χ0n) is 12.5. The second-order valence-electron chi connectivity index (χ2n) is 6.16. The maximum absolute atomic E-state index is 12.3. The van der Waals surface area contributed by atoms with E-state index in [1.54, 1.807) is 7.11 Å². The lowest BCUT2D eigenvalue weighted by Crippen LogP contribution is -2.17. The van der Waals surface area contributed by atoms with Crippen molar-refractivity contribution in [1.29, 1.82) is 0 Å². The highest BCUT2D eigenvalue weighted by Crippen LogP contribution is 2.36. The van der Waals surface area contributed by atoms with Crippen LogP contribution in [0.1, 0.15) is 56.1 Å². The monoisotopic (exact) mass is 248 g/mol. The standard InChI is InChI=1S/C16H24O2/c1-10(2)14(17)12-8-11(3)9-13(15(12)18-7)16(4,5)6/h8-10H,1-7H3. The van der Waals surface area contributed by atoms with E-state index in [1.807, 2.05) is 26.8 Å². The molecule has 100 valence electrons. The van der Waals surface area contributed by atoms with E-state index in [9.17, 15) is 4.79 Å². The minimum atomic E-state index is -0.0383. The fourth-order valence-electron chi connectivity index (χ4n) is 2.04. The lowest BCUT2D eigenvalue weighted by atomic mass is 9.83. The molecule has 0 N–H and O–H groups in total. The van der Waals surface area contributed by atoms with Gasteiger partial charge in [0.2, 0.25) is 0 Å². The first-order valence-corrected chi connectivity index (χ1v) is 6.41. The minimum absolute atomic E-state index is 0.0199. The molecule has 1 aromatic carbocycles. The third kappa shape index (κ3) is 2.92. The molecule has 18 heavy (non-hydrogen) atoms. The first-order chi connectivity index (χ1) is 8.18. The van der Waals surface area contributed by atoms with Crippen LogP contribution < -0.4 is 4.74 Å². The van der Waals surface area contributed by atoms with Gasteiger partial charge in [-0.25, -0.2) is 0 Å². The molecule has 0 aliphatic heterocycles. The van der Waals surface area contributed by atoms with Crippen molar-refractivity contribution in [2.75, 3.05) is 7.11 Å². The molecule has 1 rings (SSSR count). The number of aryl methyl sites for hydroxylation is 1. The Balaban J connectivity index is 3.53. The Morgan fingerprint density at radius 1 is 1.22 bits per heavy atom. The molecule has 0 heterocycles. The molecule has 0 fully saturated rings. The lowest BCUT2D eigenvalue weighted by Gasteiger charge is -2.25. The van der Waals surface area contributed by atoms with E-state index in [2.05, 4.69) is 26.8 Å². The summed E-state index contributed by atoms with van der Waals surface area (Å²) in [5.74, 6) is 0.848. The van der Waals surface area contributed by atoms with Gasteiger partial charge in [0.25, 0.3) is 0 Å². The maximum Gasteiger partial charge on any atom is 0.169 e. The summed E-state index contributed by atoms with van der Waals surface area (Å²) < 4.78 is 5.51. The topological polar surface area (TPSA) is 26.3 Å². The zero-order chi connectivity index (χ0) is 14.1. The molecule has 0 unspecified atom stereocenters. The van der Waals surface area contributed by atoms with Crippen molar-refractivity contribution in [3.63, 3.8) is 0 Å². The number of ether oxygens (including phenoxy) is 1. The summed E-state index contributed by atoms with van der Waals surface area (Å²) in [4.78, 5) is 12.3. The molecule has 0 aromatic heterocycles. The first-order valence-electron chi connectivity index (χ1n) is 6.41. The predicted molar refractivity (Wildman–Crippen MR) is 75.6 cm³/mol. The molecule has 1 aromatic rings. The number of Topliss-reactive ketones (excluding diaryl/α,β-unsaturated/α-hetero) is 1. The minimum Gasteiger partial charge on any atom is -0.496 e. The van der Waals surface area contributed by atoms with E-state index < -0.39 is 0 Å². The van der Waals surface area contributed by atoms with Crippen LogP contribution >= 0.6 is 0 Å². The Kier molecular flexibility index (Phi) is 4.20. The van der Waals surface area contributed by atoms with Gasteiger partial charge in [-0.3, -0.25) is 4.79 Å². The van der Waals surface area contributed by atoms with Crippen LogP contribution in [0.3, 0.4) is 0 Å². The third-order valence-electron chi connectivity index (χ3n) is 3.04. The average Bonchev–Trinajstić information content (AvgIpc) is 2.25. The summed E-state index contributed by atoms with van der Waals surface area (Å²) in [6.45, 7) is 12.3. The van der Waals surface area contributed by atoms with Crippen molar-refractivity contribution in [3.8, 4) is 5.75 Å². The Morgan fingerprint density at radius 2 is 1.78 bits per heavy atom. The maximum atomic E-state index is 12.3. The van der Waals surface area contributed by atoms with E-state index in [4.69, 9.17) is 4.74 Å². The van der Waals surface area contributed by atoms with Crippen molar-refractivity contribution in [2.45, 2.75) is 47.0 Å². The Morgan fingerprint density at radius 3 is 2.17 bits per heavy atom. The van der Waals surface area contributed by atoms with Crippen LogP contribution in [0.5, 0.6) is 5.75 Å². The third-order valence-corrected chi connectivity index (χ3v) is 3.04. The zero-order valence-corrected chi connectivity index (χ0v) is 12.5. The van der Waals surface area contributed by atoms with Gasteiger partial charge in [-0.15, -0.1) is 0 Å². The van der Waals surface area contributed by atoms with E-state index in [0.717, 1.165) is 16.9 Å². The number of methoxy groups -OCH3 is 1. The molecule has 2 heteroatoms. The van der Waals surface area contributed by atoms with Crippen molar-refractivity contribution < 1.29 is 9.53 Å². The Bertz CT molecular complexity index is 451. The number of hydrogen-bond donors (Lipinski definition) is 0. The van der Waals surface area contributed by atoms with Crippen LogP contribution in [0, 0.1) is 12.8 Å². The number of rotatable bonds is 3. The van der Waals surface area contributed by atoms with Gasteiger partial charge >= 0.3 is 0 Å². The molecule has 0 saturated heterocycles. The fraction of sp³-hybridized carbons (Fsp3) is 0.562. The van der Waals surface area contributed by atoms with E-state index in [-0.39, 0.29) is 17.1 Å². The summed E-state index contributed by atoms with van der Waals surface area (Å²) in [6, 6.07) is 4.03. The number of carbonyl (C=O) groups is 1. The molecule has 0 radical (unpaired) electrons. The molecule has 0 aliphatic rings. The summed E-state index contributed by atoms with van der Waals surface area (Å²) >= 11 is 0. The molecule has 2 nitrogen and oxygen atoms in total. The van der Waals surface area contributed by atoms with Gasteiger partial charge in [-0.1, -0.05) is 40.7 Å². The summed E-state index contributed by atoms with van der Waals surface area (Å²) in [5.41, 5.74) is 2.86. The molecule has 0 aliphatic carbocycles. The summed E-state index contributed by atoms with van der Waals surface area (Å²) in [7, 11) is 1.64. The number of benzene rings is 1. The second kappa shape index (κ2) is 5.13. The quantitative estimate of drug-likeness (QED) is 0.751.